The van der Waals surface area contributed by atoms with Gasteiger partial charge in [-0.05, 0) is 55.3 Å². The fraction of sp³-hybridized carbons (Fsp3) is 0.500. The Morgan fingerprint density at radius 3 is 2.61 bits per heavy atom. The Morgan fingerprint density at radius 2 is 2.06 bits per heavy atom. The van der Waals surface area contributed by atoms with Crippen molar-refractivity contribution in [2.45, 2.75) is 30.2 Å². The van der Waals surface area contributed by atoms with Crippen molar-refractivity contribution < 1.29 is 17.9 Å². The highest BCUT2D eigenvalue weighted by Crippen LogP contribution is 2.39. The van der Waals surface area contributed by atoms with Crippen LogP contribution in [0.15, 0.2) is 23.1 Å². The van der Waals surface area contributed by atoms with E-state index in [1.807, 2.05) is 6.92 Å². The molecule has 0 radical (unpaired) electrons. The maximum atomic E-state index is 12.4. The number of thioether (sulfide) groups is 1. The van der Waals surface area contributed by atoms with Gasteiger partial charge in [0.25, 0.3) is 0 Å². The molecule has 0 amide bonds. The van der Waals surface area contributed by atoms with E-state index in [1.165, 1.54) is 6.07 Å². The van der Waals surface area contributed by atoms with Gasteiger partial charge in [0.15, 0.2) is 0 Å². The summed E-state index contributed by atoms with van der Waals surface area (Å²) in [5, 5.41) is 0.766. The molecule has 6 heteroatoms. The second-order valence-electron chi connectivity index (χ2n) is 3.54. The van der Waals surface area contributed by atoms with Crippen LogP contribution in [0, 0.1) is 0 Å². The fourth-order valence-corrected chi connectivity index (χ4v) is 2.45. The lowest BCUT2D eigenvalue weighted by atomic mass is 10.1. The number of benzene rings is 1. The molecule has 0 aliphatic rings. The second kappa shape index (κ2) is 7.28. The van der Waals surface area contributed by atoms with Crippen molar-refractivity contribution >= 4 is 27.7 Å². The van der Waals surface area contributed by atoms with Crippen LogP contribution in [0.2, 0.25) is 0 Å². The third-order valence-electron chi connectivity index (χ3n) is 2.15. The van der Waals surface area contributed by atoms with Gasteiger partial charge in [0.05, 0.1) is 6.61 Å². The van der Waals surface area contributed by atoms with Crippen LogP contribution in [0.3, 0.4) is 0 Å². The van der Waals surface area contributed by atoms with Crippen LogP contribution in [-0.4, -0.2) is 17.4 Å². The van der Waals surface area contributed by atoms with Crippen molar-refractivity contribution in [3.63, 3.8) is 0 Å². The molecule has 1 aromatic rings. The van der Waals surface area contributed by atoms with Crippen LogP contribution in [0.4, 0.5) is 13.2 Å². The Hall–Kier alpha value is -0.360. The number of halogens is 4. The van der Waals surface area contributed by atoms with Crippen LogP contribution in [-0.2, 0) is 6.42 Å². The Bertz CT molecular complexity index is 382. The average Bonchev–Trinajstić information content (AvgIpc) is 2.28. The smallest absolute Gasteiger partial charge is 0.446 e. The molecule has 0 N–H and O–H groups in total. The molecule has 1 aromatic carbocycles. The standard InChI is InChI=1S/C12H14BrF3OS/c1-2-17-10-5-6-11(18-12(14,15)16)9(8-10)4-3-7-13/h5-6,8H,2-4,7H2,1H3. The normalized spacial score (nSPS) is 11.6. The molecule has 18 heavy (non-hydrogen) atoms. The highest BCUT2D eigenvalue weighted by atomic mass is 79.9. The summed E-state index contributed by atoms with van der Waals surface area (Å²) in [5.41, 5.74) is -3.57. The first-order chi connectivity index (χ1) is 8.46. The molecule has 0 fully saturated rings. The van der Waals surface area contributed by atoms with Crippen LogP contribution in [0.25, 0.3) is 0 Å². The average molecular weight is 343 g/mol. The molecule has 0 heterocycles. The van der Waals surface area contributed by atoms with E-state index in [-0.39, 0.29) is 16.7 Å². The molecule has 0 aliphatic carbocycles. The molecule has 0 aliphatic heterocycles. The summed E-state index contributed by atoms with van der Waals surface area (Å²) in [6.07, 6.45) is 1.39. The first kappa shape index (κ1) is 15.7. The molecular formula is C12H14BrF3OS. The van der Waals surface area contributed by atoms with E-state index >= 15 is 0 Å². The Balaban J connectivity index is 2.92. The number of ether oxygens (including phenoxy) is 1. The lowest BCUT2D eigenvalue weighted by Gasteiger charge is -2.13. The van der Waals surface area contributed by atoms with E-state index in [9.17, 15) is 13.2 Å². The maximum Gasteiger partial charge on any atom is 0.446 e. The minimum Gasteiger partial charge on any atom is -0.494 e. The van der Waals surface area contributed by atoms with E-state index in [2.05, 4.69) is 15.9 Å². The van der Waals surface area contributed by atoms with Gasteiger partial charge in [-0.1, -0.05) is 15.9 Å². The topological polar surface area (TPSA) is 9.23 Å². The number of alkyl halides is 4. The molecule has 1 nitrogen and oxygen atoms in total. The van der Waals surface area contributed by atoms with E-state index in [1.54, 1.807) is 12.1 Å². The van der Waals surface area contributed by atoms with E-state index in [0.717, 1.165) is 11.8 Å². The molecule has 0 saturated heterocycles. The Kier molecular flexibility index (Phi) is 6.35. The number of hydrogen-bond donors (Lipinski definition) is 0. The van der Waals surface area contributed by atoms with Gasteiger partial charge in [0.2, 0.25) is 0 Å². The highest BCUT2D eigenvalue weighted by molar-refractivity contribution is 9.09. The third kappa shape index (κ3) is 5.52. The van der Waals surface area contributed by atoms with Crippen LogP contribution in [0.1, 0.15) is 18.9 Å². The summed E-state index contributed by atoms with van der Waals surface area (Å²) >= 11 is 3.22. The molecule has 0 aromatic heterocycles. The van der Waals surface area contributed by atoms with Crippen LogP contribution >= 0.6 is 27.7 Å². The first-order valence-corrected chi connectivity index (χ1v) is 7.47. The molecule has 0 atom stereocenters. The zero-order valence-electron chi connectivity index (χ0n) is 9.89. The van der Waals surface area contributed by atoms with Crippen molar-refractivity contribution in [3.8, 4) is 5.75 Å². The lowest BCUT2D eigenvalue weighted by Crippen LogP contribution is -2.02. The van der Waals surface area contributed by atoms with Gasteiger partial charge in [-0.3, -0.25) is 0 Å². The van der Waals surface area contributed by atoms with Crippen molar-refractivity contribution in [1.29, 1.82) is 0 Å². The van der Waals surface area contributed by atoms with Gasteiger partial charge in [0, 0.05) is 10.2 Å². The predicted octanol–water partition coefficient (Wildman–Crippen LogP) is 5.02. The minimum atomic E-state index is -4.25. The fourth-order valence-electron chi connectivity index (χ4n) is 1.49. The van der Waals surface area contributed by atoms with Gasteiger partial charge in [-0.15, -0.1) is 0 Å². The molecular weight excluding hydrogens is 329 g/mol. The predicted molar refractivity (Wildman–Crippen MR) is 71.6 cm³/mol. The van der Waals surface area contributed by atoms with E-state index in [4.69, 9.17) is 4.74 Å². The molecule has 0 saturated carbocycles. The summed E-state index contributed by atoms with van der Waals surface area (Å²) in [6, 6.07) is 4.75. The maximum absolute atomic E-state index is 12.4. The van der Waals surface area contributed by atoms with Crippen LogP contribution < -0.4 is 4.74 Å². The van der Waals surface area contributed by atoms with Crippen LogP contribution in [0.5, 0.6) is 5.75 Å². The molecule has 0 spiro atoms. The molecule has 102 valence electrons. The summed E-state index contributed by atoms with van der Waals surface area (Å²) < 4.78 is 42.6. The molecule has 1 rings (SSSR count). The Morgan fingerprint density at radius 1 is 1.33 bits per heavy atom. The summed E-state index contributed by atoms with van der Waals surface area (Å²) in [4.78, 5) is 0.256. The monoisotopic (exact) mass is 342 g/mol. The van der Waals surface area contributed by atoms with Crippen molar-refractivity contribution in [2.75, 3.05) is 11.9 Å². The SMILES string of the molecule is CCOc1ccc(SC(F)(F)F)c(CCCBr)c1. The lowest BCUT2D eigenvalue weighted by molar-refractivity contribution is -0.0328. The number of hydrogen-bond acceptors (Lipinski definition) is 2. The number of rotatable bonds is 6. The zero-order chi connectivity index (χ0) is 13.6. The Labute approximate surface area is 117 Å². The van der Waals surface area contributed by atoms with Gasteiger partial charge >= 0.3 is 5.51 Å². The summed E-state index contributed by atoms with van der Waals surface area (Å²) in [6.45, 7) is 2.35. The van der Waals surface area contributed by atoms with E-state index in [0.29, 0.717) is 24.3 Å². The largest absolute Gasteiger partial charge is 0.494 e. The van der Waals surface area contributed by atoms with Gasteiger partial charge in [-0.2, -0.15) is 13.2 Å². The third-order valence-corrected chi connectivity index (χ3v) is 3.56. The summed E-state index contributed by atoms with van der Waals surface area (Å²) in [7, 11) is 0. The second-order valence-corrected chi connectivity index (χ2v) is 5.44. The zero-order valence-corrected chi connectivity index (χ0v) is 12.3. The van der Waals surface area contributed by atoms with Crippen molar-refractivity contribution in [1.82, 2.24) is 0 Å². The van der Waals surface area contributed by atoms with Crippen molar-refractivity contribution in [2.24, 2.45) is 0 Å². The van der Waals surface area contributed by atoms with Gasteiger partial charge < -0.3 is 4.74 Å². The molecule has 0 unspecified atom stereocenters. The number of aryl methyl sites for hydroxylation is 1. The quantitative estimate of drug-likeness (QED) is 0.530. The van der Waals surface area contributed by atoms with Gasteiger partial charge in [0.1, 0.15) is 5.75 Å². The highest BCUT2D eigenvalue weighted by Gasteiger charge is 2.30. The van der Waals surface area contributed by atoms with Gasteiger partial charge in [-0.25, -0.2) is 0 Å². The van der Waals surface area contributed by atoms with Crippen molar-refractivity contribution in [3.05, 3.63) is 23.8 Å². The minimum absolute atomic E-state index is 0.0663. The summed E-state index contributed by atoms with van der Waals surface area (Å²) in [5.74, 6) is 0.619. The van der Waals surface area contributed by atoms with E-state index < -0.39 is 5.51 Å². The molecule has 0 bridgehead atoms. The first-order valence-electron chi connectivity index (χ1n) is 5.53.